The molecular formula is C52H66O9SSi. The van der Waals surface area contributed by atoms with E-state index in [1.54, 1.807) is 37.4 Å². The summed E-state index contributed by atoms with van der Waals surface area (Å²) in [6.07, 6.45) is 0.396. The molecule has 1 unspecified atom stereocenters. The van der Waals surface area contributed by atoms with Crippen LogP contribution in [0.15, 0.2) is 126 Å². The number of fused-ring (bicyclic) bond motifs is 2. The second-order valence-corrected chi connectivity index (χ2v) is 25.0. The molecule has 0 spiro atoms. The first-order valence-corrected chi connectivity index (χ1v) is 26.2. The van der Waals surface area contributed by atoms with Crippen LogP contribution in [0.25, 0.3) is 0 Å². The lowest BCUT2D eigenvalue weighted by atomic mass is 9.84. The van der Waals surface area contributed by atoms with Gasteiger partial charge >= 0.3 is 0 Å². The Morgan fingerprint density at radius 3 is 1.98 bits per heavy atom. The van der Waals surface area contributed by atoms with Gasteiger partial charge in [0.05, 0.1) is 72.5 Å². The molecule has 3 aliphatic heterocycles. The van der Waals surface area contributed by atoms with E-state index in [9.17, 15) is 13.5 Å². The van der Waals surface area contributed by atoms with Crippen LogP contribution in [-0.4, -0.2) is 96.7 Å². The average Bonchev–Trinajstić information content (AvgIpc) is 3.28. The summed E-state index contributed by atoms with van der Waals surface area (Å²) in [6.45, 7) is 10.3. The normalized spacial score (nSPS) is 25.8. The summed E-state index contributed by atoms with van der Waals surface area (Å²) < 4.78 is 67.9. The van der Waals surface area contributed by atoms with E-state index in [4.69, 9.17) is 28.1 Å². The predicted molar refractivity (Wildman–Crippen MR) is 249 cm³/mol. The molecule has 11 heteroatoms. The van der Waals surface area contributed by atoms with Gasteiger partial charge in [0.2, 0.25) is 0 Å². The molecule has 4 aromatic carbocycles. The Balaban J connectivity index is 1.18. The second kappa shape index (κ2) is 21.5. The van der Waals surface area contributed by atoms with Gasteiger partial charge < -0.3 is 33.2 Å². The first-order chi connectivity index (χ1) is 30.4. The summed E-state index contributed by atoms with van der Waals surface area (Å²) in [4.78, 5) is 0.198. The third kappa shape index (κ3) is 11.8. The highest BCUT2D eigenvalue weighted by Gasteiger charge is 2.51. The fourth-order valence-electron chi connectivity index (χ4n) is 9.70. The van der Waals surface area contributed by atoms with Crippen LogP contribution in [-0.2, 0) is 44.6 Å². The van der Waals surface area contributed by atoms with Crippen LogP contribution in [0.1, 0.15) is 71.8 Å². The van der Waals surface area contributed by atoms with Gasteiger partial charge in [0.15, 0.2) is 9.84 Å². The molecule has 338 valence electrons. The zero-order valence-electron chi connectivity index (χ0n) is 37.5. The fourth-order valence-corrected chi connectivity index (χ4v) is 15.8. The van der Waals surface area contributed by atoms with Gasteiger partial charge in [0.1, 0.15) is 6.10 Å². The summed E-state index contributed by atoms with van der Waals surface area (Å²) in [5.74, 6) is 5.72. The molecule has 7 rings (SSSR count). The van der Waals surface area contributed by atoms with Gasteiger partial charge in [-0.25, -0.2) is 8.42 Å². The van der Waals surface area contributed by atoms with Crippen molar-refractivity contribution in [2.75, 3.05) is 26.1 Å². The van der Waals surface area contributed by atoms with E-state index in [0.29, 0.717) is 25.9 Å². The van der Waals surface area contributed by atoms with Crippen molar-refractivity contribution >= 4 is 28.5 Å². The van der Waals surface area contributed by atoms with Crippen LogP contribution in [0.2, 0.25) is 5.04 Å². The standard InChI is InChI=1S/C52H66O9SSi/c1-38-31-48-47(27-18-30-57-48)60-50-34-46(53)51(61-49(50)32-38)40(37-62(54,55)43-21-12-7-13-22-43)28-29-41(56-5)33-42(58-35-39-19-10-6-11-20-39)36-59-63(52(2,3)4,44-23-14-8-15-24-44)45-25-16-9-17-26-45/h6-17,19-26,38,40-42,46-51,53H,18,27,30-37H2,1-5H3/t38-,40+,41?,42+,46-,47-,48+,49-,50+,51+/m0/s1. The quantitative estimate of drug-likeness (QED) is 0.0958. The maximum absolute atomic E-state index is 14.1. The smallest absolute Gasteiger partial charge is 0.261 e. The first kappa shape index (κ1) is 47.3. The lowest BCUT2D eigenvalue weighted by molar-refractivity contribution is -0.236. The number of aliphatic hydroxyl groups is 1. The monoisotopic (exact) mass is 894 g/mol. The van der Waals surface area contributed by atoms with Gasteiger partial charge in [-0.15, -0.1) is 0 Å². The van der Waals surface area contributed by atoms with Crippen molar-refractivity contribution in [3.63, 3.8) is 0 Å². The molecule has 3 aliphatic rings. The van der Waals surface area contributed by atoms with E-state index in [1.807, 2.05) is 42.5 Å². The number of hydrogen-bond donors (Lipinski definition) is 1. The Labute approximate surface area is 376 Å². The molecule has 4 aromatic rings. The molecule has 3 saturated heterocycles. The van der Waals surface area contributed by atoms with Crippen LogP contribution in [0.4, 0.5) is 0 Å². The molecule has 0 aromatic heterocycles. The highest BCUT2D eigenvalue weighted by molar-refractivity contribution is 7.91. The molecule has 3 heterocycles. The maximum atomic E-state index is 14.1. The van der Waals surface area contributed by atoms with Gasteiger partial charge in [-0.05, 0) is 64.7 Å². The van der Waals surface area contributed by atoms with Crippen molar-refractivity contribution in [3.8, 4) is 11.8 Å². The Kier molecular flexibility index (Phi) is 16.2. The Hall–Kier alpha value is -3.67. The lowest BCUT2D eigenvalue weighted by Gasteiger charge is -2.46. The van der Waals surface area contributed by atoms with E-state index in [0.717, 1.165) is 31.4 Å². The minimum atomic E-state index is -3.83. The Bertz CT molecular complexity index is 2140. The molecule has 9 nitrogen and oxygen atoms in total. The van der Waals surface area contributed by atoms with Crippen LogP contribution >= 0.6 is 0 Å². The van der Waals surface area contributed by atoms with Gasteiger partial charge in [-0.2, -0.15) is 0 Å². The molecule has 3 fully saturated rings. The van der Waals surface area contributed by atoms with Crippen LogP contribution in [0, 0.1) is 23.7 Å². The molecule has 0 bridgehead atoms. The highest BCUT2D eigenvalue weighted by atomic mass is 32.2. The minimum absolute atomic E-state index is 0.0278. The Morgan fingerprint density at radius 1 is 0.778 bits per heavy atom. The lowest BCUT2D eigenvalue weighted by Crippen LogP contribution is -2.67. The molecule has 0 aliphatic carbocycles. The van der Waals surface area contributed by atoms with Crippen molar-refractivity contribution in [1.29, 1.82) is 0 Å². The zero-order chi connectivity index (χ0) is 44.5. The molecule has 10 atom stereocenters. The SMILES string of the molecule is COC(C#C[C@H](CS(=O)(=O)c1ccccc1)[C@H]1O[C@H]2C[C@@H](C)C[C@H]3OCCC[C@@H]3O[C@@H]2C[C@@H]1O)C[C@H](CO[Si](c1ccccc1)(c1ccccc1)C(C)(C)C)OCc1ccccc1. The fraction of sp³-hybridized carbons (Fsp3) is 0.500. The van der Waals surface area contributed by atoms with Gasteiger partial charge in [-0.1, -0.05) is 149 Å². The third-order valence-electron chi connectivity index (χ3n) is 12.9. The van der Waals surface area contributed by atoms with Gasteiger partial charge in [0.25, 0.3) is 8.32 Å². The summed E-state index contributed by atoms with van der Waals surface area (Å²) in [7, 11) is -5.15. The summed E-state index contributed by atoms with van der Waals surface area (Å²) in [5, 5.41) is 13.9. The van der Waals surface area contributed by atoms with E-state index in [1.165, 1.54) is 10.4 Å². The summed E-state index contributed by atoms with van der Waals surface area (Å²) >= 11 is 0. The minimum Gasteiger partial charge on any atom is -0.405 e. The third-order valence-corrected chi connectivity index (χ3v) is 19.7. The largest absolute Gasteiger partial charge is 0.405 e. The Morgan fingerprint density at radius 2 is 1.37 bits per heavy atom. The van der Waals surface area contributed by atoms with Crippen molar-refractivity contribution in [2.24, 2.45) is 11.8 Å². The number of benzene rings is 4. The number of aliphatic hydroxyl groups excluding tert-OH is 1. The molecule has 1 N–H and O–H groups in total. The number of methoxy groups -OCH3 is 1. The van der Waals surface area contributed by atoms with Gasteiger partial charge in [0, 0.05) is 26.6 Å². The van der Waals surface area contributed by atoms with Crippen LogP contribution in [0.3, 0.4) is 0 Å². The van der Waals surface area contributed by atoms with Crippen LogP contribution < -0.4 is 10.4 Å². The number of rotatable bonds is 15. The molecule has 63 heavy (non-hydrogen) atoms. The topological polar surface area (TPSA) is 110 Å². The van der Waals surface area contributed by atoms with Gasteiger partial charge in [-0.3, -0.25) is 0 Å². The van der Waals surface area contributed by atoms with E-state index >= 15 is 0 Å². The second-order valence-electron chi connectivity index (χ2n) is 18.6. The first-order valence-electron chi connectivity index (χ1n) is 22.7. The summed E-state index contributed by atoms with van der Waals surface area (Å²) in [5.41, 5.74) is 1.03. The predicted octanol–water partition coefficient (Wildman–Crippen LogP) is 7.53. The maximum Gasteiger partial charge on any atom is 0.261 e. The average molecular weight is 895 g/mol. The van der Waals surface area contributed by atoms with E-state index < -0.39 is 48.5 Å². The van der Waals surface area contributed by atoms with E-state index in [2.05, 4.69) is 88.1 Å². The number of ether oxygens (including phenoxy) is 5. The molecular weight excluding hydrogens is 829 g/mol. The van der Waals surface area contributed by atoms with Crippen LogP contribution in [0.5, 0.6) is 0 Å². The number of hydrogen-bond acceptors (Lipinski definition) is 9. The molecule has 0 radical (unpaired) electrons. The van der Waals surface area contributed by atoms with Crippen molar-refractivity contribution in [3.05, 3.63) is 127 Å². The molecule has 0 amide bonds. The summed E-state index contributed by atoms with van der Waals surface area (Å²) in [6, 6.07) is 39.5. The molecule has 0 saturated carbocycles. The zero-order valence-corrected chi connectivity index (χ0v) is 39.3. The van der Waals surface area contributed by atoms with Crippen molar-refractivity contribution < 1.29 is 41.6 Å². The van der Waals surface area contributed by atoms with Crippen molar-refractivity contribution in [2.45, 2.75) is 132 Å². The van der Waals surface area contributed by atoms with E-state index in [-0.39, 0.29) is 52.6 Å². The van der Waals surface area contributed by atoms with Crippen molar-refractivity contribution in [1.82, 2.24) is 0 Å². The highest BCUT2D eigenvalue weighted by Crippen LogP contribution is 2.39. The number of sulfone groups is 1.